The number of hydrogen-bond donors (Lipinski definition) is 1. The zero-order chi connectivity index (χ0) is 11.7. The largest absolute Gasteiger partial charge is 0.368 e. The smallest absolute Gasteiger partial charge is 0.230 e. The number of piperazine rings is 1. The zero-order valence-electron chi connectivity index (χ0n) is 9.92. The van der Waals surface area contributed by atoms with Gasteiger partial charge in [-0.3, -0.25) is 4.90 Å². The Morgan fingerprint density at radius 3 is 2.59 bits per heavy atom. The molecule has 1 saturated heterocycles. The molecule has 0 radical (unpaired) electrons. The van der Waals surface area contributed by atoms with Crippen molar-refractivity contribution in [2.45, 2.75) is 12.8 Å². The van der Waals surface area contributed by atoms with E-state index in [0.29, 0.717) is 11.9 Å². The summed E-state index contributed by atoms with van der Waals surface area (Å²) in [6.45, 7) is 5.43. The minimum absolute atomic E-state index is 0.301. The van der Waals surface area contributed by atoms with Crippen LogP contribution in [0.15, 0.2) is 6.33 Å². The van der Waals surface area contributed by atoms with Crippen LogP contribution in [0.2, 0.25) is 0 Å². The van der Waals surface area contributed by atoms with Crippen LogP contribution in [0.4, 0.5) is 11.9 Å². The Kier molecular flexibility index (Phi) is 2.80. The fraction of sp³-hybridized carbons (Fsp3) is 0.727. The first-order valence-corrected chi connectivity index (χ1v) is 6.23. The van der Waals surface area contributed by atoms with Gasteiger partial charge < -0.3 is 10.6 Å². The first kappa shape index (κ1) is 10.7. The minimum atomic E-state index is 0.301. The van der Waals surface area contributed by atoms with Gasteiger partial charge in [0.2, 0.25) is 11.9 Å². The van der Waals surface area contributed by atoms with Crippen molar-refractivity contribution in [1.82, 2.24) is 19.9 Å². The van der Waals surface area contributed by atoms with Crippen LogP contribution in [0.25, 0.3) is 0 Å². The fourth-order valence-electron chi connectivity index (χ4n) is 2.25. The highest BCUT2D eigenvalue weighted by molar-refractivity contribution is 5.33. The van der Waals surface area contributed by atoms with Crippen LogP contribution in [0.3, 0.4) is 0 Å². The molecule has 2 aliphatic rings. The lowest BCUT2D eigenvalue weighted by atomic mass is 10.3. The van der Waals surface area contributed by atoms with Crippen LogP contribution in [0.5, 0.6) is 0 Å². The predicted molar refractivity (Wildman–Crippen MR) is 65.6 cm³/mol. The molecule has 6 heteroatoms. The molecule has 0 bridgehead atoms. The maximum atomic E-state index is 5.57. The number of anilines is 2. The second-order valence-corrected chi connectivity index (χ2v) is 4.87. The summed E-state index contributed by atoms with van der Waals surface area (Å²) in [4.78, 5) is 16.9. The van der Waals surface area contributed by atoms with Crippen molar-refractivity contribution < 1.29 is 0 Å². The normalized spacial score (nSPS) is 21.8. The summed E-state index contributed by atoms with van der Waals surface area (Å²) >= 11 is 0. The summed E-state index contributed by atoms with van der Waals surface area (Å²) in [6, 6.07) is 0. The van der Waals surface area contributed by atoms with Crippen LogP contribution >= 0.6 is 0 Å². The quantitative estimate of drug-likeness (QED) is 0.793. The Morgan fingerprint density at radius 1 is 1.18 bits per heavy atom. The van der Waals surface area contributed by atoms with Crippen molar-refractivity contribution in [2.75, 3.05) is 43.4 Å². The van der Waals surface area contributed by atoms with Gasteiger partial charge in [-0.05, 0) is 18.8 Å². The average Bonchev–Trinajstić information content (AvgIpc) is 3.14. The summed E-state index contributed by atoms with van der Waals surface area (Å²) in [6.07, 6.45) is 4.32. The second kappa shape index (κ2) is 4.44. The highest BCUT2D eigenvalue weighted by Crippen LogP contribution is 2.30. The van der Waals surface area contributed by atoms with Gasteiger partial charge in [0.1, 0.15) is 6.33 Å². The van der Waals surface area contributed by atoms with Crippen LogP contribution in [0.1, 0.15) is 12.8 Å². The van der Waals surface area contributed by atoms with Crippen molar-refractivity contribution >= 4 is 11.9 Å². The maximum Gasteiger partial charge on any atom is 0.230 e. The number of aromatic nitrogens is 3. The number of nitrogens with two attached hydrogens (primary N) is 1. The summed E-state index contributed by atoms with van der Waals surface area (Å²) in [5.74, 6) is 1.98. The zero-order valence-corrected chi connectivity index (χ0v) is 9.92. The van der Waals surface area contributed by atoms with Crippen LogP contribution < -0.4 is 10.6 Å². The molecule has 0 spiro atoms. The first-order valence-electron chi connectivity index (χ1n) is 6.23. The molecule has 17 heavy (non-hydrogen) atoms. The maximum absolute atomic E-state index is 5.57. The van der Waals surface area contributed by atoms with Crippen molar-refractivity contribution in [3.05, 3.63) is 6.33 Å². The Bertz CT molecular complexity index is 383. The highest BCUT2D eigenvalue weighted by atomic mass is 15.3. The van der Waals surface area contributed by atoms with Gasteiger partial charge in [0.05, 0.1) is 0 Å². The first-order chi connectivity index (χ1) is 8.31. The molecule has 1 aliphatic carbocycles. The lowest BCUT2D eigenvalue weighted by molar-refractivity contribution is 0.247. The minimum Gasteiger partial charge on any atom is -0.368 e. The fourth-order valence-corrected chi connectivity index (χ4v) is 2.25. The molecule has 1 aromatic rings. The third-order valence-corrected chi connectivity index (χ3v) is 3.45. The van der Waals surface area contributed by atoms with E-state index in [1.165, 1.54) is 25.7 Å². The molecule has 2 N–H and O–H groups in total. The molecule has 1 saturated carbocycles. The number of nitrogens with zero attached hydrogens (tertiary/aromatic N) is 5. The van der Waals surface area contributed by atoms with Gasteiger partial charge in [0, 0.05) is 32.7 Å². The molecular formula is C11H18N6. The molecular weight excluding hydrogens is 216 g/mol. The van der Waals surface area contributed by atoms with E-state index in [1.54, 1.807) is 0 Å². The Hall–Kier alpha value is -1.43. The Labute approximate surface area is 101 Å². The van der Waals surface area contributed by atoms with Gasteiger partial charge in [0.25, 0.3) is 0 Å². The molecule has 92 valence electrons. The molecule has 0 amide bonds. The van der Waals surface area contributed by atoms with Gasteiger partial charge in [0.15, 0.2) is 0 Å². The van der Waals surface area contributed by atoms with Gasteiger partial charge in [-0.2, -0.15) is 4.98 Å². The molecule has 0 aromatic carbocycles. The molecule has 0 unspecified atom stereocenters. The third kappa shape index (κ3) is 2.63. The number of hydrogen-bond acceptors (Lipinski definition) is 6. The highest BCUT2D eigenvalue weighted by Gasteiger charge is 2.26. The van der Waals surface area contributed by atoms with Crippen molar-refractivity contribution in [3.63, 3.8) is 0 Å². The molecule has 2 fully saturated rings. The molecule has 0 atom stereocenters. The van der Waals surface area contributed by atoms with E-state index in [9.17, 15) is 0 Å². The van der Waals surface area contributed by atoms with E-state index in [1.807, 2.05) is 0 Å². The average molecular weight is 234 g/mol. The van der Waals surface area contributed by atoms with Crippen LogP contribution in [-0.4, -0.2) is 52.6 Å². The van der Waals surface area contributed by atoms with Gasteiger partial charge in [-0.25, -0.2) is 9.97 Å². The number of nitrogen functional groups attached to an aromatic ring is 1. The van der Waals surface area contributed by atoms with E-state index in [4.69, 9.17) is 5.73 Å². The third-order valence-electron chi connectivity index (χ3n) is 3.45. The molecule has 3 rings (SSSR count). The van der Waals surface area contributed by atoms with E-state index < -0.39 is 0 Å². The van der Waals surface area contributed by atoms with Crippen molar-refractivity contribution in [1.29, 1.82) is 0 Å². The summed E-state index contributed by atoms with van der Waals surface area (Å²) in [7, 11) is 0. The standard InChI is InChI=1S/C11H18N6/c12-10-13-8-14-11(15-10)17-5-3-16(4-6-17)7-9-1-2-9/h8-9H,1-7H2,(H2,12,13,14,15). The molecule has 6 nitrogen and oxygen atoms in total. The van der Waals surface area contributed by atoms with Crippen molar-refractivity contribution in [2.24, 2.45) is 5.92 Å². The summed E-state index contributed by atoms with van der Waals surface area (Å²) in [5, 5.41) is 0. The number of rotatable bonds is 3. The van der Waals surface area contributed by atoms with Gasteiger partial charge in [-0.15, -0.1) is 0 Å². The summed E-state index contributed by atoms with van der Waals surface area (Å²) in [5.41, 5.74) is 5.57. The van der Waals surface area contributed by atoms with E-state index >= 15 is 0 Å². The molecule has 1 aromatic heterocycles. The van der Waals surface area contributed by atoms with Crippen LogP contribution in [-0.2, 0) is 0 Å². The predicted octanol–water partition coefficient (Wildman–Crippen LogP) is -0.0142. The van der Waals surface area contributed by atoms with Crippen LogP contribution in [0, 0.1) is 5.92 Å². The summed E-state index contributed by atoms with van der Waals surface area (Å²) < 4.78 is 0. The van der Waals surface area contributed by atoms with E-state index in [2.05, 4.69) is 24.8 Å². The Balaban J connectivity index is 1.56. The molecule has 1 aliphatic heterocycles. The van der Waals surface area contributed by atoms with Gasteiger partial charge >= 0.3 is 0 Å². The lowest BCUT2D eigenvalue weighted by Crippen LogP contribution is -2.47. The van der Waals surface area contributed by atoms with E-state index in [-0.39, 0.29) is 0 Å². The van der Waals surface area contributed by atoms with Gasteiger partial charge in [-0.1, -0.05) is 0 Å². The monoisotopic (exact) mass is 234 g/mol. The lowest BCUT2D eigenvalue weighted by Gasteiger charge is -2.34. The van der Waals surface area contributed by atoms with E-state index in [0.717, 1.165) is 32.1 Å². The van der Waals surface area contributed by atoms with Crippen molar-refractivity contribution in [3.8, 4) is 0 Å². The topological polar surface area (TPSA) is 71.2 Å². The molecule has 2 heterocycles. The SMILES string of the molecule is Nc1ncnc(N2CCN(CC3CC3)CC2)n1. The second-order valence-electron chi connectivity index (χ2n) is 4.87. The Morgan fingerprint density at radius 2 is 1.94 bits per heavy atom.